The van der Waals surface area contributed by atoms with Gasteiger partial charge in [0.05, 0.1) is 67.0 Å². The highest BCUT2D eigenvalue weighted by Gasteiger charge is 2.39. The first-order valence-corrected chi connectivity index (χ1v) is 50.2. The van der Waals surface area contributed by atoms with E-state index in [0.717, 1.165) is 75.4 Å². The number of nitrogens with zero attached hydrogens (tertiary/aromatic N) is 21. The highest BCUT2D eigenvalue weighted by atomic mass is 19.1. The van der Waals surface area contributed by atoms with Gasteiger partial charge in [-0.25, -0.2) is 55.6 Å². The van der Waals surface area contributed by atoms with Crippen LogP contribution in [0.25, 0.3) is 67.6 Å². The number of hydrogen-bond acceptors (Lipinski definition) is 19. The molecule has 9 aromatic heterocycles. The van der Waals surface area contributed by atoms with Crippen LogP contribution in [-0.2, 0) is 35.1 Å². The Morgan fingerprint density at radius 1 is 0.396 bits per heavy atom. The molecular formula is C109H127F4N21O10. The molecule has 1 unspecified atom stereocenters. The third kappa shape index (κ3) is 24.0. The summed E-state index contributed by atoms with van der Waals surface area (Å²) in [5, 5.41) is 18.6. The third-order valence-electron chi connectivity index (χ3n) is 27.9. The summed E-state index contributed by atoms with van der Waals surface area (Å²) in [5.74, 6) is 0.143. The SMILES string of the molecule is CC(C)c1cc(-c2ccc(F)cc2)nn2cc(C(=O)N3CCN(C(=O)CC4CCOC4)[C@@H](C)C3)nc12.CC(C)c1cc(-c2ccc(F)cc2)nn2cc(C(=O)N3CCN(C(=O)CCC4CCC4)[C@@H](C)C3)nc12.CC(C)c1cc(-c2ccc(F)cc2)nn2cc(C(=O)N3CCN(C(=O)Cc4cccnc4)[C@@H](C)C3)nc12.CCOCCC(=O)N1CCN(C(=O)c2cn3nc(-c4ccc(F)cc4)cc(C(C)C)c3n2)C[C@@H]1C. The predicted molar refractivity (Wildman–Crippen MR) is 537 cm³/mol. The zero-order valence-electron chi connectivity index (χ0n) is 84.1. The second-order valence-electron chi connectivity index (χ2n) is 39.7. The van der Waals surface area contributed by atoms with Crippen LogP contribution in [0.5, 0.6) is 0 Å². The molecule has 5 saturated heterocycles. The minimum atomic E-state index is -0.308. The van der Waals surface area contributed by atoms with E-state index < -0.39 is 0 Å². The summed E-state index contributed by atoms with van der Waals surface area (Å²) >= 11 is 0. The lowest BCUT2D eigenvalue weighted by atomic mass is 9.82. The van der Waals surface area contributed by atoms with Gasteiger partial charge in [-0.15, -0.1) is 0 Å². The lowest BCUT2D eigenvalue weighted by Crippen LogP contribution is -2.55. The highest BCUT2D eigenvalue weighted by Crippen LogP contribution is 2.36. The van der Waals surface area contributed by atoms with Gasteiger partial charge < -0.3 is 48.7 Å². The van der Waals surface area contributed by atoms with Gasteiger partial charge in [0.25, 0.3) is 23.6 Å². The molecule has 0 bridgehead atoms. The summed E-state index contributed by atoms with van der Waals surface area (Å²) in [7, 11) is 0. The van der Waals surface area contributed by atoms with Gasteiger partial charge in [-0.3, -0.25) is 43.3 Å². The van der Waals surface area contributed by atoms with E-state index in [4.69, 9.17) is 9.47 Å². The van der Waals surface area contributed by atoms with Gasteiger partial charge in [-0.1, -0.05) is 80.7 Å². The molecule has 756 valence electrons. The zero-order valence-corrected chi connectivity index (χ0v) is 84.1. The molecule has 13 aromatic rings. The predicted octanol–water partition coefficient (Wildman–Crippen LogP) is 16.4. The fraction of sp³-hybridized carbons (Fsp3) is 0.440. The Kier molecular flexibility index (Phi) is 32.6. The Morgan fingerprint density at radius 3 is 0.993 bits per heavy atom. The maximum Gasteiger partial charge on any atom is 0.274 e. The standard InChI is InChI=1S/C28H29FN6O2.C28H34FN5O2.C27H32FN5O3.C26H32FN5O3/c1-18(2)23-14-24(21-6-8-22(29)9-7-21)32-35-17-25(31-27(23)35)28(37)33-11-12-34(19(3)16-33)26(36)13-20-5-4-10-30-15-20;1-18(2)23-15-24(21-8-10-22(29)11-9-21)31-34-17-25(30-27(23)34)28(36)32-13-14-33(19(3)16-32)26(35)12-7-20-5-4-6-20;1-17(2)22-13-23(20-4-6-21(28)7-5-20)30-33-15-24(29-26(22)33)27(35)31-9-10-32(18(3)14-31)25(34)12-19-8-11-36-16-19;1-5-35-13-10-24(33)31-12-11-30(15-18(31)4)26(34)23-16-32-25(28-23)21(17(2)3)14-22(29-32)19-6-8-20(27)9-7-19/h4-10,14-15,17-19H,11-13,16H2,1-3H3;8-11,15,17-20H,4-7,12-14,16H2,1-3H3;4-7,13,15,17-19H,8-12,14,16H2,1-3H3;6-9,14,16-18H,5,10-13,15H2,1-4H3/t2*19-;18-,19?;18-/m0000/s1. The molecule has 0 radical (unpaired) electrons. The number of pyridine rings is 1. The van der Waals surface area contributed by atoms with Crippen molar-refractivity contribution in [3.63, 3.8) is 0 Å². The second kappa shape index (κ2) is 45.7. The average molecular weight is 1970 g/mol. The molecule has 5 aliphatic heterocycles. The first kappa shape index (κ1) is 103. The van der Waals surface area contributed by atoms with E-state index in [1.54, 1.807) is 123 Å². The van der Waals surface area contributed by atoms with E-state index in [1.165, 1.54) is 67.8 Å². The topological polar surface area (TPSA) is 315 Å². The molecule has 4 aromatic carbocycles. The molecule has 0 N–H and O–H groups in total. The molecular weight excluding hydrogens is 1840 g/mol. The van der Waals surface area contributed by atoms with E-state index in [2.05, 4.69) is 101 Å². The van der Waals surface area contributed by atoms with E-state index in [0.29, 0.717) is 198 Å². The number of rotatable bonds is 23. The van der Waals surface area contributed by atoms with Crippen molar-refractivity contribution >= 4 is 69.8 Å². The summed E-state index contributed by atoms with van der Waals surface area (Å²) in [5.41, 5.74) is 14.5. The van der Waals surface area contributed by atoms with Crippen LogP contribution >= 0.6 is 0 Å². The molecule has 6 fully saturated rings. The highest BCUT2D eigenvalue weighted by molar-refractivity contribution is 5.96. The van der Waals surface area contributed by atoms with Crippen LogP contribution in [0.3, 0.4) is 0 Å². The van der Waals surface area contributed by atoms with E-state index in [-0.39, 0.29) is 118 Å². The quantitative estimate of drug-likeness (QED) is 0.0424. The summed E-state index contributed by atoms with van der Waals surface area (Å²) < 4.78 is 70.9. The van der Waals surface area contributed by atoms with Crippen molar-refractivity contribution in [2.24, 2.45) is 11.8 Å². The van der Waals surface area contributed by atoms with Crippen LogP contribution in [-0.4, -0.2) is 279 Å². The number of carbonyl (C=O) groups excluding carboxylic acids is 8. The van der Waals surface area contributed by atoms with Gasteiger partial charge in [0.2, 0.25) is 23.6 Å². The van der Waals surface area contributed by atoms with E-state index in [9.17, 15) is 55.9 Å². The Hall–Kier alpha value is -14.1. The minimum Gasteiger partial charge on any atom is -0.381 e. The number of halogens is 4. The lowest BCUT2D eigenvalue weighted by Gasteiger charge is -2.40. The largest absolute Gasteiger partial charge is 0.381 e. The molecule has 8 amide bonds. The molecule has 14 heterocycles. The lowest BCUT2D eigenvalue weighted by molar-refractivity contribution is -0.137. The molecule has 1 aliphatic carbocycles. The second-order valence-corrected chi connectivity index (χ2v) is 39.7. The number of carbonyl (C=O) groups is 8. The molecule has 144 heavy (non-hydrogen) atoms. The Labute approximate surface area is 835 Å². The Bertz CT molecular complexity index is 6780. The van der Waals surface area contributed by atoms with E-state index in [1.807, 2.05) is 90.6 Å². The summed E-state index contributed by atoms with van der Waals surface area (Å²) in [6.45, 7) is 34.4. The van der Waals surface area contributed by atoms with Crippen molar-refractivity contribution in [2.45, 2.75) is 196 Å². The maximum atomic E-state index is 13.4. The van der Waals surface area contributed by atoms with Crippen molar-refractivity contribution < 1.29 is 65.4 Å². The molecule has 35 heteroatoms. The van der Waals surface area contributed by atoms with Crippen LogP contribution in [0.4, 0.5) is 17.6 Å². The number of imidazole rings is 4. The molecule has 31 nitrogen and oxygen atoms in total. The third-order valence-corrected chi connectivity index (χ3v) is 27.9. The van der Waals surface area contributed by atoms with Crippen LogP contribution in [0, 0.1) is 35.1 Å². The van der Waals surface area contributed by atoms with Gasteiger partial charge in [-0.2, -0.15) is 20.4 Å². The summed E-state index contributed by atoms with van der Waals surface area (Å²) in [6, 6.07) is 36.0. The van der Waals surface area contributed by atoms with Crippen molar-refractivity contribution in [3.05, 3.63) is 245 Å². The number of hydrogen-bond donors (Lipinski definition) is 0. The molecule has 5 atom stereocenters. The van der Waals surface area contributed by atoms with Crippen molar-refractivity contribution in [1.82, 2.24) is 103 Å². The number of ether oxygens (including phenoxy) is 2. The van der Waals surface area contributed by atoms with Crippen molar-refractivity contribution in [3.8, 4) is 45.0 Å². The zero-order chi connectivity index (χ0) is 102. The monoisotopic (exact) mass is 1970 g/mol. The Morgan fingerprint density at radius 2 is 0.715 bits per heavy atom. The minimum absolute atomic E-state index is 0.0250. The average Bonchev–Trinajstić information content (AvgIpc) is 1.64. The number of piperazine rings is 4. The van der Waals surface area contributed by atoms with Crippen molar-refractivity contribution in [2.75, 3.05) is 105 Å². The first-order valence-electron chi connectivity index (χ1n) is 50.2. The summed E-state index contributed by atoms with van der Waals surface area (Å²) in [4.78, 5) is 142. The number of amides is 8. The fourth-order valence-corrected chi connectivity index (χ4v) is 19.4. The number of aromatic nitrogens is 13. The van der Waals surface area contributed by atoms with Gasteiger partial charge in [0.1, 0.15) is 46.0 Å². The van der Waals surface area contributed by atoms with Crippen molar-refractivity contribution in [1.29, 1.82) is 0 Å². The molecule has 1 saturated carbocycles. The van der Waals surface area contributed by atoms with Crippen LogP contribution in [0.15, 0.2) is 171 Å². The first-order chi connectivity index (χ1) is 69.2. The normalized spacial score (nSPS) is 17.9. The van der Waals surface area contributed by atoms with Crippen LogP contribution in [0.1, 0.15) is 235 Å². The summed E-state index contributed by atoms with van der Waals surface area (Å²) in [6.07, 6.45) is 17.5. The molecule has 6 aliphatic rings. The van der Waals surface area contributed by atoms with Crippen LogP contribution < -0.4 is 0 Å². The van der Waals surface area contributed by atoms with Gasteiger partial charge in [0, 0.05) is 192 Å². The maximum absolute atomic E-state index is 13.4. The Balaban J connectivity index is 0.000000138. The van der Waals surface area contributed by atoms with Gasteiger partial charge in [0.15, 0.2) is 22.6 Å². The van der Waals surface area contributed by atoms with E-state index >= 15 is 0 Å². The smallest absolute Gasteiger partial charge is 0.274 e. The number of benzene rings is 4. The number of fused-ring (bicyclic) bond motifs is 4. The van der Waals surface area contributed by atoms with Crippen LogP contribution in [0.2, 0.25) is 0 Å². The fourth-order valence-electron chi connectivity index (χ4n) is 19.4. The molecule has 19 rings (SSSR count). The van der Waals surface area contributed by atoms with Gasteiger partial charge >= 0.3 is 0 Å². The van der Waals surface area contributed by atoms with Gasteiger partial charge in [-0.05, 0) is 216 Å². The molecule has 0 spiro atoms.